The van der Waals surface area contributed by atoms with E-state index in [0.29, 0.717) is 17.0 Å². The molecule has 4 N–H and O–H groups in total. The molecule has 1 aliphatic carbocycles. The van der Waals surface area contributed by atoms with Gasteiger partial charge in [0.15, 0.2) is 0 Å². The molecule has 1 aromatic rings. The van der Waals surface area contributed by atoms with Crippen molar-refractivity contribution < 1.29 is 14.6 Å². The number of hydrogen-bond acceptors (Lipinski definition) is 4. The number of rotatable bonds is 4. The van der Waals surface area contributed by atoms with Crippen molar-refractivity contribution in [2.45, 2.75) is 31.4 Å². The van der Waals surface area contributed by atoms with Crippen LogP contribution < -0.4 is 15.8 Å². The van der Waals surface area contributed by atoms with E-state index in [1.165, 1.54) is 7.11 Å². The fourth-order valence-electron chi connectivity index (χ4n) is 2.38. The third kappa shape index (κ3) is 2.41. The van der Waals surface area contributed by atoms with Gasteiger partial charge in [0.2, 0.25) is 0 Å². The topological polar surface area (TPSA) is 84.6 Å². The summed E-state index contributed by atoms with van der Waals surface area (Å²) in [6.07, 6.45) is 2.27. The van der Waals surface area contributed by atoms with E-state index in [1.54, 1.807) is 18.2 Å². The number of primary amides is 1. The third-order valence-electron chi connectivity index (χ3n) is 3.31. The first-order valence-electron chi connectivity index (χ1n) is 6.05. The summed E-state index contributed by atoms with van der Waals surface area (Å²) < 4.78 is 5.14. The van der Waals surface area contributed by atoms with Gasteiger partial charge in [0.05, 0.1) is 24.9 Å². The van der Waals surface area contributed by atoms with Crippen LogP contribution in [0.4, 0.5) is 5.69 Å². The molecule has 1 saturated carbocycles. The molecule has 1 amide bonds. The lowest BCUT2D eigenvalue weighted by Crippen LogP contribution is -2.29. The Kier molecular flexibility index (Phi) is 3.72. The summed E-state index contributed by atoms with van der Waals surface area (Å²) in [5.74, 6) is -0.0950. The molecule has 18 heavy (non-hydrogen) atoms. The number of benzene rings is 1. The van der Waals surface area contributed by atoms with Crippen molar-refractivity contribution in [3.63, 3.8) is 0 Å². The second-order valence-electron chi connectivity index (χ2n) is 4.50. The number of ether oxygens (including phenoxy) is 1. The molecule has 0 radical (unpaired) electrons. The van der Waals surface area contributed by atoms with Crippen molar-refractivity contribution >= 4 is 11.6 Å². The van der Waals surface area contributed by atoms with Gasteiger partial charge in [0.25, 0.3) is 5.91 Å². The molecule has 98 valence electrons. The molecule has 0 bridgehead atoms. The van der Waals surface area contributed by atoms with Crippen LogP contribution in [0.3, 0.4) is 0 Å². The Morgan fingerprint density at radius 3 is 2.83 bits per heavy atom. The number of hydrogen-bond donors (Lipinski definition) is 3. The Bertz CT molecular complexity index is 448. The Morgan fingerprint density at radius 1 is 1.50 bits per heavy atom. The fourth-order valence-corrected chi connectivity index (χ4v) is 2.38. The first-order valence-corrected chi connectivity index (χ1v) is 6.05. The van der Waals surface area contributed by atoms with Crippen molar-refractivity contribution in [3.05, 3.63) is 23.8 Å². The van der Waals surface area contributed by atoms with E-state index in [1.807, 2.05) is 0 Å². The number of aliphatic hydroxyl groups excluding tert-OH is 1. The Balaban J connectivity index is 2.29. The number of amides is 1. The minimum absolute atomic E-state index is 0.0322. The molecule has 0 aromatic heterocycles. The van der Waals surface area contributed by atoms with E-state index in [-0.39, 0.29) is 12.1 Å². The normalized spacial score (nSPS) is 22.8. The van der Waals surface area contributed by atoms with Crippen LogP contribution in [-0.4, -0.2) is 30.3 Å². The summed E-state index contributed by atoms with van der Waals surface area (Å²) >= 11 is 0. The van der Waals surface area contributed by atoms with E-state index in [0.717, 1.165) is 19.3 Å². The summed E-state index contributed by atoms with van der Waals surface area (Å²) in [6.45, 7) is 0. The minimum Gasteiger partial charge on any atom is -0.496 e. The van der Waals surface area contributed by atoms with Gasteiger partial charge >= 0.3 is 0 Å². The van der Waals surface area contributed by atoms with E-state index >= 15 is 0 Å². The summed E-state index contributed by atoms with van der Waals surface area (Å²) in [4.78, 5) is 11.5. The van der Waals surface area contributed by atoms with Gasteiger partial charge in [-0.15, -0.1) is 0 Å². The molecule has 0 saturated heterocycles. The SMILES string of the molecule is COc1cccc(N[C@H]2CCC[C@@H]2O)c1C(N)=O. The summed E-state index contributed by atoms with van der Waals surface area (Å²) in [5, 5.41) is 13.0. The fraction of sp³-hybridized carbons (Fsp3) is 0.462. The van der Waals surface area contributed by atoms with Crippen LogP contribution in [-0.2, 0) is 0 Å². The molecule has 0 spiro atoms. The van der Waals surface area contributed by atoms with E-state index in [2.05, 4.69) is 5.32 Å². The lowest BCUT2D eigenvalue weighted by molar-refractivity contribution is 0.0998. The zero-order valence-electron chi connectivity index (χ0n) is 10.3. The summed E-state index contributed by atoms with van der Waals surface area (Å²) in [5.41, 5.74) is 6.33. The molecule has 5 heteroatoms. The number of carbonyl (C=O) groups is 1. The maximum Gasteiger partial charge on any atom is 0.254 e. The second-order valence-corrected chi connectivity index (χ2v) is 4.50. The lowest BCUT2D eigenvalue weighted by Gasteiger charge is -2.20. The van der Waals surface area contributed by atoms with Crippen LogP contribution in [0.25, 0.3) is 0 Å². The van der Waals surface area contributed by atoms with Crippen LogP contribution in [0.2, 0.25) is 0 Å². The number of carbonyl (C=O) groups excluding carboxylic acids is 1. The van der Waals surface area contributed by atoms with Gasteiger partial charge in [-0.3, -0.25) is 4.79 Å². The van der Waals surface area contributed by atoms with E-state index in [4.69, 9.17) is 10.5 Å². The maximum atomic E-state index is 11.5. The number of methoxy groups -OCH3 is 1. The van der Waals surface area contributed by atoms with Gasteiger partial charge in [-0.1, -0.05) is 6.07 Å². The average molecular weight is 250 g/mol. The molecule has 1 aliphatic rings. The predicted octanol–water partition coefficient (Wildman–Crippen LogP) is 1.12. The van der Waals surface area contributed by atoms with E-state index in [9.17, 15) is 9.90 Å². The largest absolute Gasteiger partial charge is 0.496 e. The highest BCUT2D eigenvalue weighted by molar-refractivity contribution is 6.01. The molecular formula is C13H18N2O3. The third-order valence-corrected chi connectivity index (χ3v) is 3.31. The summed E-state index contributed by atoms with van der Waals surface area (Å²) in [7, 11) is 1.50. The Hall–Kier alpha value is -1.75. The van der Waals surface area contributed by atoms with Crippen molar-refractivity contribution in [2.75, 3.05) is 12.4 Å². The highest BCUT2D eigenvalue weighted by Crippen LogP contribution is 2.29. The minimum atomic E-state index is -0.539. The first kappa shape index (κ1) is 12.7. The zero-order valence-corrected chi connectivity index (χ0v) is 10.3. The molecule has 1 aromatic carbocycles. The molecular weight excluding hydrogens is 232 g/mol. The van der Waals surface area contributed by atoms with Gasteiger partial charge in [0, 0.05) is 0 Å². The molecule has 0 aliphatic heterocycles. The van der Waals surface area contributed by atoms with Crippen molar-refractivity contribution in [3.8, 4) is 5.75 Å². The van der Waals surface area contributed by atoms with E-state index < -0.39 is 5.91 Å². The van der Waals surface area contributed by atoms with Crippen LogP contribution >= 0.6 is 0 Å². The van der Waals surface area contributed by atoms with Crippen LogP contribution in [0.1, 0.15) is 29.6 Å². The monoisotopic (exact) mass is 250 g/mol. The van der Waals surface area contributed by atoms with Gasteiger partial charge in [-0.05, 0) is 31.4 Å². The first-order chi connectivity index (χ1) is 8.63. The summed E-state index contributed by atoms with van der Waals surface area (Å²) in [6, 6.07) is 5.22. The highest BCUT2D eigenvalue weighted by Gasteiger charge is 2.26. The number of nitrogens with one attached hydrogen (secondary N) is 1. The highest BCUT2D eigenvalue weighted by atomic mass is 16.5. The van der Waals surface area contributed by atoms with Crippen LogP contribution in [0, 0.1) is 0 Å². The van der Waals surface area contributed by atoms with Crippen molar-refractivity contribution in [1.82, 2.24) is 0 Å². The molecule has 1 fully saturated rings. The second kappa shape index (κ2) is 5.27. The van der Waals surface area contributed by atoms with Gasteiger partial charge in [0.1, 0.15) is 11.3 Å². The maximum absolute atomic E-state index is 11.5. The van der Waals surface area contributed by atoms with Gasteiger partial charge in [-0.2, -0.15) is 0 Å². The van der Waals surface area contributed by atoms with Crippen molar-refractivity contribution in [1.29, 1.82) is 0 Å². The molecule has 5 nitrogen and oxygen atoms in total. The number of aliphatic hydroxyl groups is 1. The molecule has 2 atom stereocenters. The van der Waals surface area contributed by atoms with Gasteiger partial charge < -0.3 is 20.9 Å². The Morgan fingerprint density at radius 2 is 2.28 bits per heavy atom. The Labute approximate surface area is 106 Å². The standard InChI is InChI=1S/C13H18N2O3/c1-18-11-7-3-5-9(12(11)13(14)17)15-8-4-2-6-10(8)16/h3,5,7-8,10,15-16H,2,4,6H2,1H3,(H2,14,17)/t8-,10-/m0/s1. The van der Waals surface area contributed by atoms with Crippen LogP contribution in [0.5, 0.6) is 5.75 Å². The lowest BCUT2D eigenvalue weighted by atomic mass is 10.1. The number of anilines is 1. The van der Waals surface area contributed by atoms with Gasteiger partial charge in [-0.25, -0.2) is 0 Å². The molecule has 2 rings (SSSR count). The molecule has 0 heterocycles. The van der Waals surface area contributed by atoms with Crippen LogP contribution in [0.15, 0.2) is 18.2 Å². The number of nitrogens with two attached hydrogens (primary N) is 1. The predicted molar refractivity (Wildman–Crippen MR) is 68.8 cm³/mol. The van der Waals surface area contributed by atoms with Crippen molar-refractivity contribution in [2.24, 2.45) is 5.73 Å². The molecule has 0 unspecified atom stereocenters. The average Bonchev–Trinajstić information content (AvgIpc) is 2.74. The smallest absolute Gasteiger partial charge is 0.254 e. The zero-order chi connectivity index (χ0) is 13.1. The quantitative estimate of drug-likeness (QED) is 0.747.